The van der Waals surface area contributed by atoms with Gasteiger partial charge in [-0.25, -0.2) is 0 Å². The number of thioether (sulfide) groups is 1. The van der Waals surface area contributed by atoms with Gasteiger partial charge in [0, 0.05) is 24.9 Å². The van der Waals surface area contributed by atoms with Crippen LogP contribution >= 0.6 is 11.8 Å². The van der Waals surface area contributed by atoms with Crippen LogP contribution < -0.4 is 0 Å². The average Bonchev–Trinajstić information content (AvgIpc) is 3.07. The molecule has 154 valence electrons. The van der Waals surface area contributed by atoms with Crippen LogP contribution in [0.25, 0.3) is 11.8 Å². The molecule has 0 radical (unpaired) electrons. The number of carbonyl (C=O) groups is 1. The maximum Gasteiger partial charge on any atom is 0.222 e. The average molecular weight is 420 g/mol. The molecule has 1 saturated heterocycles. The number of likely N-dealkylation sites (tertiary alicyclic amines) is 1. The van der Waals surface area contributed by atoms with Gasteiger partial charge in [-0.3, -0.25) is 14.3 Å². The van der Waals surface area contributed by atoms with Crippen LogP contribution in [-0.4, -0.2) is 42.9 Å². The Bertz CT molecular complexity index is 987. The number of benzene rings is 1. The summed E-state index contributed by atoms with van der Waals surface area (Å²) in [4.78, 5) is 18.6. The number of aromatic nitrogens is 4. The normalized spacial score (nSPS) is 14.9. The summed E-state index contributed by atoms with van der Waals surface area (Å²) in [5, 5.41) is 9.67. The van der Waals surface area contributed by atoms with E-state index in [1.807, 2.05) is 39.8 Å². The Kier molecular flexibility index (Phi) is 6.92. The molecular formula is C23H25N5OS. The number of carbonyl (C=O) groups excluding carboxylic acids is 1. The van der Waals surface area contributed by atoms with Gasteiger partial charge in [0.05, 0.1) is 18.4 Å². The van der Waals surface area contributed by atoms with Gasteiger partial charge in [-0.15, -0.1) is 10.2 Å². The molecule has 0 atom stereocenters. The Hall–Kier alpha value is -2.93. The van der Waals surface area contributed by atoms with Gasteiger partial charge in [0.15, 0.2) is 11.0 Å². The maximum absolute atomic E-state index is 12.5. The van der Waals surface area contributed by atoms with E-state index >= 15 is 0 Å². The third-order valence-corrected chi connectivity index (χ3v) is 5.91. The number of nitrogens with zero attached hydrogens (tertiary/aromatic N) is 5. The first kappa shape index (κ1) is 20.3. The summed E-state index contributed by atoms with van der Waals surface area (Å²) in [6.07, 6.45) is 11.5. The summed E-state index contributed by atoms with van der Waals surface area (Å²) in [6.45, 7) is 1.25. The van der Waals surface area contributed by atoms with E-state index in [9.17, 15) is 4.79 Å². The Morgan fingerprint density at radius 3 is 2.77 bits per heavy atom. The van der Waals surface area contributed by atoms with Gasteiger partial charge in [-0.2, -0.15) is 0 Å². The zero-order chi connectivity index (χ0) is 20.6. The van der Waals surface area contributed by atoms with Gasteiger partial charge in [0.2, 0.25) is 5.91 Å². The van der Waals surface area contributed by atoms with Crippen LogP contribution in [0.4, 0.5) is 0 Å². The third kappa shape index (κ3) is 5.16. The molecule has 4 rings (SSSR count). The van der Waals surface area contributed by atoms with Crippen molar-refractivity contribution in [3.8, 4) is 5.69 Å². The number of pyridine rings is 1. The molecule has 3 heterocycles. The van der Waals surface area contributed by atoms with E-state index in [4.69, 9.17) is 0 Å². The van der Waals surface area contributed by atoms with Gasteiger partial charge in [0.25, 0.3) is 0 Å². The van der Waals surface area contributed by atoms with E-state index in [0.29, 0.717) is 13.0 Å². The number of hydrogen-bond donors (Lipinski definition) is 0. The molecule has 1 aromatic carbocycles. The van der Waals surface area contributed by atoms with Crippen molar-refractivity contribution in [2.45, 2.75) is 37.4 Å². The summed E-state index contributed by atoms with van der Waals surface area (Å²) in [7, 11) is 0. The van der Waals surface area contributed by atoms with E-state index in [1.54, 1.807) is 24.2 Å². The van der Waals surface area contributed by atoms with Crippen LogP contribution in [0.15, 0.2) is 66.1 Å². The van der Waals surface area contributed by atoms with Gasteiger partial charge in [-0.05, 0) is 30.5 Å². The third-order valence-electron chi connectivity index (χ3n) is 5.03. The van der Waals surface area contributed by atoms with Crippen LogP contribution in [0.1, 0.15) is 37.1 Å². The topological polar surface area (TPSA) is 63.9 Å². The molecule has 1 amide bonds. The fourth-order valence-electron chi connectivity index (χ4n) is 3.49. The summed E-state index contributed by atoms with van der Waals surface area (Å²) in [5.41, 5.74) is 2.08. The van der Waals surface area contributed by atoms with E-state index in [-0.39, 0.29) is 5.91 Å². The molecule has 1 fully saturated rings. The largest absolute Gasteiger partial charge is 0.335 e. The van der Waals surface area contributed by atoms with Gasteiger partial charge >= 0.3 is 0 Å². The highest BCUT2D eigenvalue weighted by molar-refractivity contribution is 7.99. The SMILES string of the molecule is O=C1CCCCCN1Cc1nnc(SC/C=C/c2ccccc2)n1-c1cccnc1. The zero-order valence-corrected chi connectivity index (χ0v) is 17.7. The highest BCUT2D eigenvalue weighted by atomic mass is 32.2. The second kappa shape index (κ2) is 10.2. The maximum atomic E-state index is 12.5. The van der Waals surface area contributed by atoms with Crippen molar-refractivity contribution in [2.75, 3.05) is 12.3 Å². The molecule has 1 aliphatic rings. The standard InChI is InChI=1S/C23H25N5OS/c29-22-13-5-2-6-15-27(22)18-21-25-26-23(28(21)20-12-7-14-24-17-20)30-16-8-11-19-9-3-1-4-10-19/h1,3-4,7-12,14,17H,2,5-6,13,15-16,18H2/b11-8+. The Labute approximate surface area is 181 Å². The lowest BCUT2D eigenvalue weighted by Crippen LogP contribution is -2.31. The van der Waals surface area contributed by atoms with Crippen LogP contribution in [0.2, 0.25) is 0 Å². The molecule has 0 unspecified atom stereocenters. The lowest BCUT2D eigenvalue weighted by molar-refractivity contribution is -0.131. The minimum Gasteiger partial charge on any atom is -0.335 e. The molecule has 30 heavy (non-hydrogen) atoms. The van der Waals surface area contributed by atoms with Gasteiger partial charge in [-0.1, -0.05) is 60.7 Å². The van der Waals surface area contributed by atoms with Crippen LogP contribution in [0, 0.1) is 0 Å². The smallest absolute Gasteiger partial charge is 0.222 e. The summed E-state index contributed by atoms with van der Waals surface area (Å²) >= 11 is 1.62. The second-order valence-corrected chi connectivity index (χ2v) is 8.18. The lowest BCUT2D eigenvalue weighted by atomic mass is 10.2. The summed E-state index contributed by atoms with van der Waals surface area (Å²) < 4.78 is 2.02. The minimum absolute atomic E-state index is 0.202. The van der Waals surface area contributed by atoms with Crippen molar-refractivity contribution in [1.82, 2.24) is 24.6 Å². The monoisotopic (exact) mass is 419 g/mol. The first-order chi connectivity index (χ1) is 14.8. The fraction of sp³-hybridized carbons (Fsp3) is 0.304. The molecule has 0 spiro atoms. The number of hydrogen-bond acceptors (Lipinski definition) is 5. The number of rotatable bonds is 7. The minimum atomic E-state index is 0.202. The van der Waals surface area contributed by atoms with Gasteiger partial charge < -0.3 is 4.90 Å². The molecular weight excluding hydrogens is 394 g/mol. The lowest BCUT2D eigenvalue weighted by Gasteiger charge is -2.20. The fourth-order valence-corrected chi connectivity index (χ4v) is 4.27. The molecule has 7 heteroatoms. The summed E-state index contributed by atoms with van der Waals surface area (Å²) in [5.74, 6) is 1.75. The molecule has 6 nitrogen and oxygen atoms in total. The number of amides is 1. The predicted molar refractivity (Wildman–Crippen MR) is 119 cm³/mol. The van der Waals surface area contributed by atoms with Crippen molar-refractivity contribution < 1.29 is 4.79 Å². The Balaban J connectivity index is 1.53. The van der Waals surface area contributed by atoms with Crippen LogP contribution in [0.3, 0.4) is 0 Å². The molecule has 0 N–H and O–H groups in total. The van der Waals surface area contributed by atoms with Crippen molar-refractivity contribution in [1.29, 1.82) is 0 Å². The van der Waals surface area contributed by atoms with Crippen LogP contribution in [-0.2, 0) is 11.3 Å². The molecule has 1 aliphatic heterocycles. The highest BCUT2D eigenvalue weighted by Gasteiger charge is 2.21. The van der Waals surface area contributed by atoms with Crippen LogP contribution in [0.5, 0.6) is 0 Å². The van der Waals surface area contributed by atoms with Gasteiger partial charge in [0.1, 0.15) is 0 Å². The van der Waals surface area contributed by atoms with Crippen molar-refractivity contribution >= 4 is 23.7 Å². The molecule has 0 saturated carbocycles. The molecule has 0 aliphatic carbocycles. The molecule has 0 bridgehead atoms. The first-order valence-electron chi connectivity index (χ1n) is 10.3. The molecule has 3 aromatic rings. The zero-order valence-electron chi connectivity index (χ0n) is 16.9. The first-order valence-corrected chi connectivity index (χ1v) is 11.3. The van der Waals surface area contributed by atoms with E-state index in [2.05, 4.69) is 39.5 Å². The second-order valence-electron chi connectivity index (χ2n) is 7.20. The Morgan fingerprint density at radius 1 is 1.03 bits per heavy atom. The predicted octanol–water partition coefficient (Wildman–Crippen LogP) is 4.37. The highest BCUT2D eigenvalue weighted by Crippen LogP contribution is 2.24. The van der Waals surface area contributed by atoms with E-state index < -0.39 is 0 Å². The Morgan fingerprint density at radius 2 is 1.93 bits per heavy atom. The van der Waals surface area contributed by atoms with Crippen molar-refractivity contribution in [3.63, 3.8) is 0 Å². The van der Waals surface area contributed by atoms with Crippen molar-refractivity contribution in [2.24, 2.45) is 0 Å². The quantitative estimate of drug-likeness (QED) is 0.532. The molecule has 2 aromatic heterocycles. The van der Waals surface area contributed by atoms with E-state index in [0.717, 1.165) is 48.2 Å². The summed E-state index contributed by atoms with van der Waals surface area (Å²) in [6, 6.07) is 14.1. The van der Waals surface area contributed by atoms with E-state index in [1.165, 1.54) is 5.56 Å². The van der Waals surface area contributed by atoms with Crippen molar-refractivity contribution in [3.05, 3.63) is 72.3 Å².